The summed E-state index contributed by atoms with van der Waals surface area (Å²) in [5.41, 5.74) is 6.59. The Morgan fingerprint density at radius 1 is 0.707 bits per heavy atom. The number of benzene rings is 1. The van der Waals surface area contributed by atoms with Gasteiger partial charge in [0.05, 0.1) is 19.2 Å². The summed E-state index contributed by atoms with van der Waals surface area (Å²) >= 11 is 1.48. The zero-order valence-corrected chi connectivity index (χ0v) is 35.6. The summed E-state index contributed by atoms with van der Waals surface area (Å²) in [6.45, 7) is 10.6. The molecule has 0 aliphatic rings. The minimum Gasteiger partial charge on any atom is -0.480 e. The first-order chi connectivity index (χ1) is 27.2. The van der Waals surface area contributed by atoms with E-state index in [1.807, 2.05) is 27.0 Å². The number of amides is 7. The van der Waals surface area contributed by atoms with Gasteiger partial charge in [-0.2, -0.15) is 11.8 Å². The van der Waals surface area contributed by atoms with Gasteiger partial charge in [-0.15, -0.1) is 0 Å². The van der Waals surface area contributed by atoms with Crippen LogP contribution in [-0.4, -0.2) is 125 Å². The molecule has 0 aliphatic carbocycles. The molecule has 0 saturated carbocycles. The van der Waals surface area contributed by atoms with Crippen LogP contribution in [0, 0.1) is 17.8 Å². The van der Waals surface area contributed by atoms with Crippen molar-refractivity contribution >= 4 is 59.1 Å². The van der Waals surface area contributed by atoms with Gasteiger partial charge in [0.2, 0.25) is 41.4 Å². The second-order valence-electron chi connectivity index (χ2n) is 15.0. The molecule has 7 amide bonds. The van der Waals surface area contributed by atoms with E-state index in [1.165, 1.54) is 18.7 Å². The number of aliphatic hydroxyl groups excluding tert-OH is 1. The first-order valence-corrected chi connectivity index (χ1v) is 20.9. The fourth-order valence-electron chi connectivity index (χ4n) is 5.43. The molecule has 0 aromatic heterocycles. The zero-order chi connectivity index (χ0) is 44.1. The molecular weight excluding hydrogens is 773 g/mol. The largest absolute Gasteiger partial charge is 0.480 e. The Morgan fingerprint density at radius 2 is 1.26 bits per heavy atom. The second kappa shape index (κ2) is 26.3. The number of aliphatic hydroxyl groups is 1. The van der Waals surface area contributed by atoms with Crippen molar-refractivity contribution in [2.45, 2.75) is 116 Å². The number of aliphatic carboxylic acids is 1. The molecule has 0 fully saturated rings. The first kappa shape index (κ1) is 51.3. The van der Waals surface area contributed by atoms with E-state index in [2.05, 4.69) is 37.2 Å². The smallest absolute Gasteiger partial charge is 0.325 e. The lowest BCUT2D eigenvalue weighted by Gasteiger charge is -2.29. The Kier molecular flexibility index (Phi) is 23.2. The summed E-state index contributed by atoms with van der Waals surface area (Å²) in [6, 6.07) is 0.407. The van der Waals surface area contributed by atoms with Crippen LogP contribution in [0.3, 0.4) is 0 Å². The number of hydrogen-bond donors (Lipinski definition) is 10. The van der Waals surface area contributed by atoms with Crippen LogP contribution in [0.5, 0.6) is 0 Å². The molecule has 11 N–H and O–H groups in total. The van der Waals surface area contributed by atoms with E-state index in [-0.39, 0.29) is 24.7 Å². The molecule has 1 aromatic rings. The lowest BCUT2D eigenvalue weighted by molar-refractivity contribution is -0.142. The van der Waals surface area contributed by atoms with Gasteiger partial charge in [0.25, 0.3) is 0 Å². The average molecular weight is 837 g/mol. The number of rotatable bonds is 26. The molecule has 1 aromatic carbocycles. The Balaban J connectivity index is 3.22. The van der Waals surface area contributed by atoms with Crippen LogP contribution in [0.25, 0.3) is 0 Å². The summed E-state index contributed by atoms with van der Waals surface area (Å²) in [6.07, 6.45) is 2.68. The molecular formula is C39H64N8O10S. The van der Waals surface area contributed by atoms with E-state index in [0.29, 0.717) is 24.2 Å². The number of carboxylic acids is 1. The molecule has 18 nitrogen and oxygen atoms in total. The van der Waals surface area contributed by atoms with Crippen molar-refractivity contribution in [3.05, 3.63) is 35.9 Å². The highest BCUT2D eigenvalue weighted by molar-refractivity contribution is 7.98. The predicted octanol–water partition coefficient (Wildman–Crippen LogP) is -0.820. The highest BCUT2D eigenvalue weighted by Gasteiger charge is 2.34. The predicted molar refractivity (Wildman–Crippen MR) is 220 cm³/mol. The molecule has 58 heavy (non-hydrogen) atoms. The van der Waals surface area contributed by atoms with Crippen molar-refractivity contribution in [1.82, 2.24) is 37.2 Å². The molecule has 0 bridgehead atoms. The molecule has 326 valence electrons. The lowest BCUT2D eigenvalue weighted by atomic mass is 9.96. The van der Waals surface area contributed by atoms with Gasteiger partial charge < -0.3 is 53.2 Å². The monoisotopic (exact) mass is 836 g/mol. The number of nitrogens with two attached hydrogens (primary N) is 1. The third-order valence-corrected chi connectivity index (χ3v) is 9.94. The van der Waals surface area contributed by atoms with Crippen LogP contribution in [0.2, 0.25) is 0 Å². The Morgan fingerprint density at radius 3 is 1.79 bits per heavy atom. The first-order valence-electron chi connectivity index (χ1n) is 19.5. The third kappa shape index (κ3) is 18.2. The summed E-state index contributed by atoms with van der Waals surface area (Å²) < 4.78 is 0. The van der Waals surface area contributed by atoms with E-state index in [9.17, 15) is 43.5 Å². The molecule has 0 spiro atoms. The van der Waals surface area contributed by atoms with Crippen molar-refractivity contribution in [2.75, 3.05) is 25.2 Å². The Bertz CT molecular complexity index is 1530. The van der Waals surface area contributed by atoms with Crippen LogP contribution in [0.4, 0.5) is 0 Å². The molecule has 19 heteroatoms. The van der Waals surface area contributed by atoms with Crippen LogP contribution in [0.1, 0.15) is 73.3 Å². The fraction of sp³-hybridized carbons (Fsp3) is 0.641. The van der Waals surface area contributed by atoms with Crippen molar-refractivity contribution in [1.29, 1.82) is 0 Å². The van der Waals surface area contributed by atoms with E-state index in [4.69, 9.17) is 10.8 Å². The van der Waals surface area contributed by atoms with E-state index < -0.39 is 109 Å². The Labute approximate surface area is 345 Å². The topological polar surface area (TPSA) is 287 Å². The quantitative estimate of drug-likeness (QED) is 0.0548. The maximum Gasteiger partial charge on any atom is 0.325 e. The van der Waals surface area contributed by atoms with E-state index in [0.717, 1.165) is 0 Å². The minimum atomic E-state index is -1.54. The van der Waals surface area contributed by atoms with E-state index in [1.54, 1.807) is 51.1 Å². The average Bonchev–Trinajstić information content (AvgIpc) is 3.17. The van der Waals surface area contributed by atoms with Gasteiger partial charge in [-0.1, -0.05) is 78.3 Å². The molecule has 0 heterocycles. The minimum absolute atomic E-state index is 0.0460. The zero-order valence-electron chi connectivity index (χ0n) is 34.8. The molecule has 8 atom stereocenters. The Hall–Kier alpha value is -4.75. The summed E-state index contributed by atoms with van der Waals surface area (Å²) in [7, 11) is 0. The van der Waals surface area contributed by atoms with Gasteiger partial charge >= 0.3 is 5.97 Å². The number of carbonyl (C=O) groups excluding carboxylic acids is 7. The number of thioether (sulfide) groups is 1. The van der Waals surface area contributed by atoms with Gasteiger partial charge in [0, 0.05) is 6.42 Å². The highest BCUT2D eigenvalue weighted by Crippen LogP contribution is 2.12. The summed E-state index contributed by atoms with van der Waals surface area (Å²) in [5, 5.41) is 36.8. The fourth-order valence-corrected chi connectivity index (χ4v) is 5.90. The molecule has 0 saturated heterocycles. The van der Waals surface area contributed by atoms with Crippen LogP contribution in [0.15, 0.2) is 30.3 Å². The lowest BCUT2D eigenvalue weighted by Crippen LogP contribution is -2.60. The standard InChI is InChI=1S/C39H64N8O10S/c1-9-23(6)32(47-30(49)19-41-33(50)26(15-16-58-8)43-37(54)31(40)22(4)5)38(55)45-27(17-21(2)3)34(51)44-28(18-25-13-11-10-12-14-25)35(52)46-29(20-48)36(53)42-24(7)39(56)57/h10-14,21-24,26-29,31-32,48H,9,15-20,40H2,1-8H3,(H,41,50)(H,42,53)(H,43,54)(H,44,51)(H,45,55)(H,46,52)(H,47,49)(H,56,57)/t23-,24-,26-,27-,28-,29-,31-,32-/m0/s1. The van der Waals surface area contributed by atoms with Crippen molar-refractivity contribution in [3.63, 3.8) is 0 Å². The normalized spacial score (nSPS) is 15.3. The van der Waals surface area contributed by atoms with Gasteiger partial charge in [0.15, 0.2) is 0 Å². The van der Waals surface area contributed by atoms with Gasteiger partial charge in [-0.25, -0.2) is 0 Å². The van der Waals surface area contributed by atoms with Crippen LogP contribution in [-0.2, 0) is 44.8 Å². The van der Waals surface area contributed by atoms with Gasteiger partial charge in [-0.3, -0.25) is 38.4 Å². The molecule has 0 aliphatic heterocycles. The maximum absolute atomic E-state index is 13.9. The highest BCUT2D eigenvalue weighted by atomic mass is 32.2. The summed E-state index contributed by atoms with van der Waals surface area (Å²) in [4.78, 5) is 104. The van der Waals surface area contributed by atoms with E-state index >= 15 is 0 Å². The number of carboxylic acid groups (broad SMARTS) is 1. The summed E-state index contributed by atoms with van der Waals surface area (Å²) in [5.74, 6) is -6.49. The second-order valence-corrected chi connectivity index (χ2v) is 16.0. The van der Waals surface area contributed by atoms with Crippen LogP contribution < -0.4 is 43.0 Å². The van der Waals surface area contributed by atoms with Crippen molar-refractivity contribution < 1.29 is 48.6 Å². The molecule has 0 unspecified atom stereocenters. The van der Waals surface area contributed by atoms with Gasteiger partial charge in [0.1, 0.15) is 36.3 Å². The van der Waals surface area contributed by atoms with Crippen molar-refractivity contribution in [2.24, 2.45) is 23.5 Å². The number of hydrogen-bond acceptors (Lipinski definition) is 11. The number of carbonyl (C=O) groups is 8. The molecule has 1 rings (SSSR count). The number of nitrogens with one attached hydrogen (secondary N) is 7. The van der Waals surface area contributed by atoms with Crippen LogP contribution >= 0.6 is 11.8 Å². The van der Waals surface area contributed by atoms with Crippen molar-refractivity contribution in [3.8, 4) is 0 Å². The maximum atomic E-state index is 13.9. The van der Waals surface area contributed by atoms with Gasteiger partial charge in [-0.05, 0) is 55.1 Å². The third-order valence-electron chi connectivity index (χ3n) is 9.30. The SMILES string of the molecule is CC[C@H](C)[C@H](NC(=O)CNC(=O)[C@H](CCSC)NC(=O)[C@@H](N)C(C)C)C(=O)N[C@@H](CC(C)C)C(=O)N[C@@H](Cc1ccccc1)C(=O)N[C@@H](CO)C(=O)N[C@@H](C)C(=O)O. The molecule has 0 radical (unpaired) electrons.